The molecule has 2 amide bonds. The van der Waals surface area contributed by atoms with Gasteiger partial charge in [0.25, 0.3) is 10.0 Å². The molecule has 0 spiro atoms. The first kappa shape index (κ1) is 32.2. The van der Waals surface area contributed by atoms with Gasteiger partial charge in [-0.2, -0.15) is 0 Å². The molecule has 220 valence electrons. The van der Waals surface area contributed by atoms with Crippen LogP contribution in [0.4, 0.5) is 5.69 Å². The molecule has 8 nitrogen and oxygen atoms in total. The fourth-order valence-corrected chi connectivity index (χ4v) is 6.04. The van der Waals surface area contributed by atoms with Crippen LogP contribution in [0.3, 0.4) is 0 Å². The normalized spacial score (nSPS) is 12.1. The number of methoxy groups -OCH3 is 1. The molecule has 0 unspecified atom stereocenters. The van der Waals surface area contributed by atoms with E-state index >= 15 is 0 Å². The molecule has 3 aromatic carbocycles. The minimum Gasteiger partial charge on any atom is -0.495 e. The van der Waals surface area contributed by atoms with Crippen molar-refractivity contribution < 1.29 is 22.7 Å². The lowest BCUT2D eigenvalue weighted by molar-refractivity contribution is -0.140. The molecule has 0 aliphatic heterocycles. The first-order chi connectivity index (χ1) is 19.5. The summed E-state index contributed by atoms with van der Waals surface area (Å²) in [5.41, 5.74) is 0.711. The van der Waals surface area contributed by atoms with E-state index in [4.69, 9.17) is 27.9 Å². The number of anilines is 1. The first-order valence-corrected chi connectivity index (χ1v) is 15.4. The van der Waals surface area contributed by atoms with Crippen molar-refractivity contribution in [2.24, 2.45) is 5.92 Å². The Morgan fingerprint density at radius 1 is 0.976 bits per heavy atom. The van der Waals surface area contributed by atoms with Crippen LogP contribution in [0.2, 0.25) is 10.0 Å². The van der Waals surface area contributed by atoms with Gasteiger partial charge in [0.2, 0.25) is 11.8 Å². The Bertz CT molecular complexity index is 1450. The highest BCUT2D eigenvalue weighted by Gasteiger charge is 2.35. The maximum atomic E-state index is 14.2. The number of sulfonamides is 1. The van der Waals surface area contributed by atoms with E-state index < -0.39 is 28.5 Å². The summed E-state index contributed by atoms with van der Waals surface area (Å²) in [7, 11) is -2.87. The van der Waals surface area contributed by atoms with Crippen molar-refractivity contribution in [3.63, 3.8) is 0 Å². The lowest BCUT2D eigenvalue weighted by atomic mass is 10.1. The summed E-state index contributed by atoms with van der Waals surface area (Å²) in [6, 6.07) is 18.4. The number of hydrogen-bond acceptors (Lipinski definition) is 5. The van der Waals surface area contributed by atoms with E-state index in [2.05, 4.69) is 5.32 Å². The fraction of sp³-hybridized carbons (Fsp3) is 0.333. The van der Waals surface area contributed by atoms with E-state index in [0.29, 0.717) is 23.6 Å². The van der Waals surface area contributed by atoms with Gasteiger partial charge < -0.3 is 15.0 Å². The Labute approximate surface area is 252 Å². The number of rotatable bonds is 13. The van der Waals surface area contributed by atoms with Gasteiger partial charge in [-0.15, -0.1) is 0 Å². The monoisotopic (exact) mass is 619 g/mol. The zero-order valence-electron chi connectivity index (χ0n) is 23.5. The molecule has 0 bridgehead atoms. The zero-order chi connectivity index (χ0) is 30.2. The molecule has 0 saturated carbocycles. The van der Waals surface area contributed by atoms with Crippen LogP contribution in [0.25, 0.3) is 0 Å². The minimum atomic E-state index is -4.27. The molecule has 0 aromatic heterocycles. The van der Waals surface area contributed by atoms with Crippen LogP contribution in [0.1, 0.15) is 32.8 Å². The quantitative estimate of drug-likeness (QED) is 0.262. The summed E-state index contributed by atoms with van der Waals surface area (Å²) < 4.78 is 34.4. The molecule has 0 fully saturated rings. The second kappa shape index (κ2) is 14.6. The average Bonchev–Trinajstić information content (AvgIpc) is 2.95. The molecular formula is C30H35Cl2N3O5S. The van der Waals surface area contributed by atoms with E-state index in [1.165, 1.54) is 36.3 Å². The summed E-state index contributed by atoms with van der Waals surface area (Å²) in [5, 5.41) is 3.58. The van der Waals surface area contributed by atoms with Crippen LogP contribution in [-0.4, -0.2) is 51.4 Å². The highest BCUT2D eigenvalue weighted by molar-refractivity contribution is 7.92. The van der Waals surface area contributed by atoms with E-state index in [-0.39, 0.29) is 39.7 Å². The largest absolute Gasteiger partial charge is 0.495 e. The van der Waals surface area contributed by atoms with Gasteiger partial charge in [0.05, 0.1) is 17.7 Å². The third kappa shape index (κ3) is 8.15. The van der Waals surface area contributed by atoms with Crippen LogP contribution < -0.4 is 14.4 Å². The molecule has 41 heavy (non-hydrogen) atoms. The standard InChI is InChI=1S/C30H35Cl2N3O5S/c1-5-26(30(37)33-18-21(2)3)34(19-22-11-9-10-14-25(22)32)29(36)20-35(27-17-23(31)15-16-28(27)40-4)41(38,39)24-12-7-6-8-13-24/h6-17,21,26H,5,18-20H2,1-4H3,(H,33,37)/t26-/m0/s1. The Hall–Kier alpha value is -3.27. The second-order valence-electron chi connectivity index (χ2n) is 9.82. The average molecular weight is 621 g/mol. The minimum absolute atomic E-state index is 0.00197. The van der Waals surface area contributed by atoms with Gasteiger partial charge in [-0.25, -0.2) is 8.42 Å². The summed E-state index contributed by atoms with van der Waals surface area (Å²) in [6.07, 6.45) is 0.298. The van der Waals surface area contributed by atoms with Crippen molar-refractivity contribution in [2.45, 2.75) is 44.7 Å². The molecule has 0 heterocycles. The summed E-state index contributed by atoms with van der Waals surface area (Å²) in [6.45, 7) is 5.55. The highest BCUT2D eigenvalue weighted by atomic mass is 35.5. The van der Waals surface area contributed by atoms with Crippen LogP contribution >= 0.6 is 23.2 Å². The van der Waals surface area contributed by atoms with Gasteiger partial charge in [-0.05, 0) is 54.3 Å². The predicted molar refractivity (Wildman–Crippen MR) is 163 cm³/mol. The van der Waals surface area contributed by atoms with Gasteiger partial charge in [0.15, 0.2) is 0 Å². The van der Waals surface area contributed by atoms with E-state index in [1.807, 2.05) is 13.8 Å². The maximum Gasteiger partial charge on any atom is 0.264 e. The Morgan fingerprint density at radius 3 is 2.24 bits per heavy atom. The molecule has 0 saturated heterocycles. The molecule has 0 radical (unpaired) electrons. The number of hydrogen-bond donors (Lipinski definition) is 1. The van der Waals surface area contributed by atoms with Gasteiger partial charge in [-0.1, -0.05) is 80.4 Å². The predicted octanol–water partition coefficient (Wildman–Crippen LogP) is 5.78. The topological polar surface area (TPSA) is 96.0 Å². The van der Waals surface area contributed by atoms with Gasteiger partial charge in [-0.3, -0.25) is 13.9 Å². The lowest BCUT2D eigenvalue weighted by Crippen LogP contribution is -2.52. The van der Waals surface area contributed by atoms with Crippen molar-refractivity contribution in [1.29, 1.82) is 0 Å². The molecule has 0 aliphatic carbocycles. The number of carbonyl (C=O) groups excluding carboxylic acids is 2. The molecule has 1 N–H and O–H groups in total. The van der Waals surface area contributed by atoms with E-state index in [1.54, 1.807) is 55.5 Å². The van der Waals surface area contributed by atoms with Crippen molar-refractivity contribution in [2.75, 3.05) is 24.5 Å². The molecule has 11 heteroatoms. The smallest absolute Gasteiger partial charge is 0.264 e. The van der Waals surface area contributed by atoms with Crippen molar-refractivity contribution in [3.05, 3.63) is 88.4 Å². The van der Waals surface area contributed by atoms with Crippen LogP contribution in [0, 0.1) is 5.92 Å². The second-order valence-corrected chi connectivity index (χ2v) is 12.5. The van der Waals surface area contributed by atoms with Crippen LogP contribution in [0.5, 0.6) is 5.75 Å². The molecule has 3 aromatic rings. The number of nitrogens with zero attached hydrogens (tertiary/aromatic N) is 2. The Morgan fingerprint density at radius 2 is 1.63 bits per heavy atom. The molecule has 3 rings (SSSR count). The number of benzene rings is 3. The number of ether oxygens (including phenoxy) is 1. The SMILES string of the molecule is CC[C@@H](C(=O)NCC(C)C)N(Cc1ccccc1Cl)C(=O)CN(c1cc(Cl)ccc1OC)S(=O)(=O)c1ccccc1. The highest BCUT2D eigenvalue weighted by Crippen LogP contribution is 2.35. The van der Waals surface area contributed by atoms with Gasteiger partial charge in [0, 0.05) is 23.1 Å². The number of amides is 2. The maximum absolute atomic E-state index is 14.2. The Kier molecular flexibility index (Phi) is 11.5. The number of halogens is 2. The lowest BCUT2D eigenvalue weighted by Gasteiger charge is -2.33. The van der Waals surface area contributed by atoms with Gasteiger partial charge in [0.1, 0.15) is 18.3 Å². The fourth-order valence-electron chi connectivity index (χ4n) is 4.24. The van der Waals surface area contributed by atoms with Crippen LogP contribution in [-0.2, 0) is 26.2 Å². The zero-order valence-corrected chi connectivity index (χ0v) is 25.8. The van der Waals surface area contributed by atoms with E-state index in [9.17, 15) is 18.0 Å². The summed E-state index contributed by atoms with van der Waals surface area (Å²) in [4.78, 5) is 28.8. The van der Waals surface area contributed by atoms with E-state index in [0.717, 1.165) is 4.31 Å². The molecule has 1 atom stereocenters. The summed E-state index contributed by atoms with van der Waals surface area (Å²) >= 11 is 12.7. The third-order valence-electron chi connectivity index (χ3n) is 6.39. The molecule has 0 aliphatic rings. The van der Waals surface area contributed by atoms with Gasteiger partial charge >= 0.3 is 0 Å². The first-order valence-electron chi connectivity index (χ1n) is 13.2. The Balaban J connectivity index is 2.11. The third-order valence-corrected chi connectivity index (χ3v) is 8.77. The van der Waals surface area contributed by atoms with Crippen molar-refractivity contribution in [1.82, 2.24) is 10.2 Å². The molecular weight excluding hydrogens is 585 g/mol. The van der Waals surface area contributed by atoms with Crippen molar-refractivity contribution >= 4 is 50.7 Å². The van der Waals surface area contributed by atoms with Crippen molar-refractivity contribution in [3.8, 4) is 5.75 Å². The summed E-state index contributed by atoms with van der Waals surface area (Å²) in [5.74, 6) is -0.524. The number of carbonyl (C=O) groups is 2. The number of nitrogens with one attached hydrogen (secondary N) is 1. The van der Waals surface area contributed by atoms with Crippen LogP contribution in [0.15, 0.2) is 77.7 Å².